The number of carbonyl (C=O) groups is 1. The first-order chi connectivity index (χ1) is 25.1. The second-order valence-electron chi connectivity index (χ2n) is 15.6. The molecule has 0 aromatic heterocycles. The zero-order chi connectivity index (χ0) is 38.6. The van der Waals surface area contributed by atoms with E-state index in [2.05, 4.69) is 26.8 Å². The third kappa shape index (κ3) is 20.5. The summed E-state index contributed by atoms with van der Waals surface area (Å²) in [6, 6.07) is -1.33. The maximum Gasteiger partial charge on any atom is 0.168 e. The molecule has 0 saturated carbocycles. The van der Waals surface area contributed by atoms with E-state index in [0.29, 0.717) is 12.8 Å². The molecule has 1 saturated heterocycles. The summed E-state index contributed by atoms with van der Waals surface area (Å²) in [5.41, 5.74) is 7.83. The van der Waals surface area contributed by atoms with E-state index in [1.54, 1.807) is 6.08 Å². The smallest absolute Gasteiger partial charge is 0.168 e. The number of rotatable bonds is 33. The highest BCUT2D eigenvalue weighted by atomic mass is 16.5. The minimum atomic E-state index is -1.66. The lowest BCUT2D eigenvalue weighted by Crippen LogP contribution is -2.65. The molecular formula is C43H81NO8. The molecule has 52 heavy (non-hydrogen) atoms. The van der Waals surface area contributed by atoms with Gasteiger partial charge in [-0.3, -0.25) is 4.79 Å². The van der Waals surface area contributed by atoms with Gasteiger partial charge in [-0.1, -0.05) is 166 Å². The highest BCUT2D eigenvalue weighted by Gasteiger charge is 2.49. The lowest BCUT2D eigenvalue weighted by Gasteiger charge is -2.44. The van der Waals surface area contributed by atoms with Gasteiger partial charge in [-0.25, -0.2) is 0 Å². The molecule has 1 heterocycles. The first kappa shape index (κ1) is 48.8. The summed E-state index contributed by atoms with van der Waals surface area (Å²) in [6.45, 7) is 5.98. The average Bonchev–Trinajstić information content (AvgIpc) is 3.13. The number of aliphatic hydroxyl groups excluding tert-OH is 6. The van der Waals surface area contributed by atoms with Crippen molar-refractivity contribution >= 4 is 5.78 Å². The predicted molar refractivity (Wildman–Crippen MR) is 212 cm³/mol. The summed E-state index contributed by atoms with van der Waals surface area (Å²) in [5, 5.41) is 63.3. The van der Waals surface area contributed by atoms with Crippen LogP contribution in [0.25, 0.3) is 0 Å². The van der Waals surface area contributed by atoms with Gasteiger partial charge in [0.05, 0.1) is 18.6 Å². The van der Waals surface area contributed by atoms with Crippen LogP contribution in [0.4, 0.5) is 0 Å². The molecular weight excluding hydrogens is 658 g/mol. The van der Waals surface area contributed by atoms with Crippen LogP contribution in [0.2, 0.25) is 0 Å². The standard InChI is InChI=1S/C43H81NO8/c1-4-6-8-10-12-13-14-15-16-17-18-20-22-26-31-35(47)39(48)37(38(44)43-42(51)41(50)40(49)36(32-45)52-43)34(46)30-27-23-25-29-33(3)28-24-21-19-11-9-7-5-2/h27,29-30,34-38,40-43,45-47,49-51H,4-26,28,31-32,44H2,1-3H3/t34?,35-,36-,37?,38?,40-,41+,42-,43?/m1/s1. The molecule has 0 amide bonds. The number of aliphatic hydroxyl groups is 6. The normalized spacial score (nSPS) is 23.6. The van der Waals surface area contributed by atoms with Gasteiger partial charge >= 0.3 is 0 Å². The Hall–Kier alpha value is -1.17. The molecule has 4 unspecified atom stereocenters. The molecule has 1 aliphatic heterocycles. The van der Waals surface area contributed by atoms with E-state index in [0.717, 1.165) is 32.1 Å². The summed E-state index contributed by atoms with van der Waals surface area (Å²) in [6.07, 6.45) is 23.7. The van der Waals surface area contributed by atoms with Crippen molar-refractivity contribution in [2.24, 2.45) is 11.7 Å². The van der Waals surface area contributed by atoms with E-state index in [1.807, 2.05) is 0 Å². The molecule has 1 fully saturated rings. The van der Waals surface area contributed by atoms with Gasteiger partial charge < -0.3 is 41.1 Å². The molecule has 0 spiro atoms. The van der Waals surface area contributed by atoms with Gasteiger partial charge in [-0.15, -0.1) is 0 Å². The Labute approximate surface area is 317 Å². The van der Waals surface area contributed by atoms with E-state index in [9.17, 15) is 35.4 Å². The Morgan fingerprint density at radius 1 is 0.692 bits per heavy atom. The van der Waals surface area contributed by atoms with Crippen LogP contribution in [0, 0.1) is 5.92 Å². The molecule has 8 N–H and O–H groups in total. The second kappa shape index (κ2) is 31.1. The van der Waals surface area contributed by atoms with Crippen molar-refractivity contribution in [2.75, 3.05) is 6.61 Å². The number of ketones is 1. The lowest BCUT2D eigenvalue weighted by atomic mass is 9.79. The van der Waals surface area contributed by atoms with E-state index in [-0.39, 0.29) is 6.42 Å². The summed E-state index contributed by atoms with van der Waals surface area (Å²) in [5.74, 6) is -1.99. The quantitative estimate of drug-likeness (QED) is 0.0268. The number of carbonyl (C=O) groups excluding carboxylic acids is 1. The number of hydrogen-bond acceptors (Lipinski definition) is 9. The molecule has 1 aliphatic rings. The lowest BCUT2D eigenvalue weighted by molar-refractivity contribution is -0.237. The second-order valence-corrected chi connectivity index (χ2v) is 15.6. The summed E-state index contributed by atoms with van der Waals surface area (Å²) in [7, 11) is 0. The minimum Gasteiger partial charge on any atom is -0.394 e. The van der Waals surface area contributed by atoms with Gasteiger partial charge in [-0.2, -0.15) is 0 Å². The molecule has 306 valence electrons. The van der Waals surface area contributed by atoms with Gasteiger partial charge in [0.2, 0.25) is 0 Å². The first-order valence-electron chi connectivity index (χ1n) is 21.4. The Morgan fingerprint density at radius 3 is 1.67 bits per heavy atom. The fourth-order valence-corrected chi connectivity index (χ4v) is 7.38. The molecule has 9 atom stereocenters. The Kier molecular flexibility index (Phi) is 29.2. The van der Waals surface area contributed by atoms with Gasteiger partial charge in [-0.05, 0) is 39.0 Å². The highest BCUT2D eigenvalue weighted by molar-refractivity contribution is 5.86. The van der Waals surface area contributed by atoms with Crippen LogP contribution in [0.15, 0.2) is 23.8 Å². The van der Waals surface area contributed by atoms with E-state index >= 15 is 0 Å². The minimum absolute atomic E-state index is 0.230. The van der Waals surface area contributed by atoms with Gasteiger partial charge in [0.1, 0.15) is 36.6 Å². The molecule has 0 aliphatic carbocycles. The number of unbranched alkanes of at least 4 members (excludes halogenated alkanes) is 20. The van der Waals surface area contributed by atoms with E-state index < -0.39 is 67.1 Å². The fourth-order valence-electron chi connectivity index (χ4n) is 7.38. The molecule has 0 radical (unpaired) electrons. The van der Waals surface area contributed by atoms with Crippen molar-refractivity contribution in [3.05, 3.63) is 23.8 Å². The fraction of sp³-hybridized carbons (Fsp3) is 0.884. The van der Waals surface area contributed by atoms with Crippen molar-refractivity contribution in [3.63, 3.8) is 0 Å². The van der Waals surface area contributed by atoms with Crippen LogP contribution in [0.3, 0.4) is 0 Å². The van der Waals surface area contributed by atoms with Crippen molar-refractivity contribution < 1.29 is 40.2 Å². The van der Waals surface area contributed by atoms with Gasteiger partial charge in [0, 0.05) is 6.04 Å². The van der Waals surface area contributed by atoms with Crippen molar-refractivity contribution in [2.45, 2.75) is 230 Å². The predicted octanol–water partition coefficient (Wildman–Crippen LogP) is 7.36. The largest absolute Gasteiger partial charge is 0.394 e. The molecule has 0 aromatic carbocycles. The van der Waals surface area contributed by atoms with Crippen molar-refractivity contribution in [1.82, 2.24) is 0 Å². The highest BCUT2D eigenvalue weighted by Crippen LogP contribution is 2.28. The third-order valence-corrected chi connectivity index (χ3v) is 10.9. The summed E-state index contributed by atoms with van der Waals surface area (Å²) in [4.78, 5) is 13.7. The molecule has 0 aromatic rings. The molecule has 1 rings (SSSR count). The van der Waals surface area contributed by atoms with Crippen LogP contribution in [-0.2, 0) is 9.53 Å². The Balaban J connectivity index is 2.67. The van der Waals surface area contributed by atoms with Crippen LogP contribution in [-0.4, -0.2) is 91.8 Å². The monoisotopic (exact) mass is 740 g/mol. The summed E-state index contributed by atoms with van der Waals surface area (Å²) < 4.78 is 5.66. The van der Waals surface area contributed by atoms with E-state index in [4.69, 9.17) is 10.5 Å². The van der Waals surface area contributed by atoms with Crippen LogP contribution >= 0.6 is 0 Å². The van der Waals surface area contributed by atoms with E-state index in [1.165, 1.54) is 121 Å². The number of hydrogen-bond donors (Lipinski definition) is 7. The number of nitrogens with two attached hydrogens (primary N) is 1. The Morgan fingerprint density at radius 2 is 1.17 bits per heavy atom. The third-order valence-electron chi connectivity index (χ3n) is 10.9. The zero-order valence-corrected chi connectivity index (χ0v) is 33.4. The van der Waals surface area contributed by atoms with Crippen LogP contribution in [0.1, 0.15) is 181 Å². The van der Waals surface area contributed by atoms with Crippen molar-refractivity contribution in [1.29, 1.82) is 0 Å². The maximum atomic E-state index is 13.7. The Bertz CT molecular complexity index is 927. The number of ether oxygens (including phenoxy) is 1. The van der Waals surface area contributed by atoms with Crippen molar-refractivity contribution in [3.8, 4) is 0 Å². The van der Waals surface area contributed by atoms with Crippen LogP contribution < -0.4 is 5.73 Å². The maximum absolute atomic E-state index is 13.7. The van der Waals surface area contributed by atoms with Gasteiger partial charge in [0.15, 0.2) is 5.78 Å². The summed E-state index contributed by atoms with van der Waals surface area (Å²) >= 11 is 0. The van der Waals surface area contributed by atoms with Crippen LogP contribution in [0.5, 0.6) is 0 Å². The topological polar surface area (TPSA) is 174 Å². The SMILES string of the molecule is CCCCCCCCCCCCCCCC[C@@H](O)C(=O)C(C(O)C=CCCC=C(C)CCCCCCCCC)C(N)C1O[C@H](CO)[C@@H](O)[C@H](O)[C@H]1O. The number of allylic oxidation sites excluding steroid dienone is 3. The molecule has 9 nitrogen and oxygen atoms in total. The van der Waals surface area contributed by atoms with Gasteiger partial charge in [0.25, 0.3) is 0 Å². The average molecular weight is 740 g/mol. The first-order valence-corrected chi connectivity index (χ1v) is 21.4. The molecule has 0 bridgehead atoms. The zero-order valence-electron chi connectivity index (χ0n) is 33.4. The molecule has 9 heteroatoms. The number of Topliss-reactive ketones (excluding diaryl/α,β-unsaturated/α-hetero) is 1.